The molecule has 0 saturated heterocycles. The van der Waals surface area contributed by atoms with Crippen molar-refractivity contribution < 1.29 is 22.7 Å². The number of esters is 1. The van der Waals surface area contributed by atoms with Gasteiger partial charge in [0.25, 0.3) is 0 Å². The van der Waals surface area contributed by atoms with Gasteiger partial charge in [-0.2, -0.15) is 0 Å². The number of alkyl halides is 3. The molecular formula is C20H29F3O2. The minimum absolute atomic E-state index is 0.237. The van der Waals surface area contributed by atoms with Gasteiger partial charge in [-0.05, 0) is 56.3 Å². The summed E-state index contributed by atoms with van der Waals surface area (Å²) in [5.41, 5.74) is 0. The highest BCUT2D eigenvalue weighted by atomic mass is 19.2. The third kappa shape index (κ3) is 4.71. The number of carbonyl (C=O) groups excluding carboxylic acids is 1. The van der Waals surface area contributed by atoms with Crippen molar-refractivity contribution in [2.45, 2.75) is 95.8 Å². The third-order valence-electron chi connectivity index (χ3n) is 6.31. The van der Waals surface area contributed by atoms with Gasteiger partial charge in [0, 0.05) is 12.8 Å². The molecule has 0 spiro atoms. The number of hydrogen-bond acceptors (Lipinski definition) is 2. The maximum atomic E-state index is 13.4. The molecule has 0 aliphatic heterocycles. The average Bonchev–Trinajstić information content (AvgIpc) is 2.60. The topological polar surface area (TPSA) is 26.3 Å². The van der Waals surface area contributed by atoms with Crippen LogP contribution in [-0.2, 0) is 9.53 Å². The highest BCUT2D eigenvalue weighted by molar-refractivity contribution is 5.84. The van der Waals surface area contributed by atoms with Crippen LogP contribution in [-0.4, -0.2) is 30.6 Å². The molecule has 2 nitrogen and oxygen atoms in total. The van der Waals surface area contributed by atoms with Gasteiger partial charge in [-0.15, -0.1) is 0 Å². The summed E-state index contributed by atoms with van der Waals surface area (Å²) in [6, 6.07) is 0. The molecule has 3 aliphatic rings. The van der Waals surface area contributed by atoms with Crippen molar-refractivity contribution in [3.05, 3.63) is 11.8 Å². The number of ether oxygens (including phenoxy) is 1. The zero-order chi connectivity index (χ0) is 18.0. The van der Waals surface area contributed by atoms with Gasteiger partial charge in [0.2, 0.25) is 0 Å². The Morgan fingerprint density at radius 3 is 2.04 bits per heavy atom. The van der Waals surface area contributed by atoms with Crippen LogP contribution in [0.3, 0.4) is 0 Å². The number of hydrogen-bond donors (Lipinski definition) is 0. The Hall–Kier alpha value is -0.740. The van der Waals surface area contributed by atoms with Gasteiger partial charge in [0.15, 0.2) is 6.17 Å². The first-order chi connectivity index (χ1) is 11.9. The Kier molecular flexibility index (Phi) is 6.32. The number of halogens is 3. The van der Waals surface area contributed by atoms with Crippen molar-refractivity contribution in [1.82, 2.24) is 0 Å². The molecule has 0 aromatic carbocycles. The van der Waals surface area contributed by atoms with Crippen LogP contribution in [0.5, 0.6) is 0 Å². The number of rotatable bonds is 3. The number of carbonyl (C=O) groups is 1. The molecule has 2 radical (unpaired) electrons. The van der Waals surface area contributed by atoms with Crippen LogP contribution in [0.25, 0.3) is 0 Å². The molecule has 25 heavy (non-hydrogen) atoms. The van der Waals surface area contributed by atoms with Crippen LogP contribution in [0, 0.1) is 23.7 Å². The molecule has 5 heteroatoms. The van der Waals surface area contributed by atoms with E-state index < -0.39 is 30.6 Å². The normalized spacial score (nSPS) is 37.1. The van der Waals surface area contributed by atoms with E-state index in [2.05, 4.69) is 6.92 Å². The van der Waals surface area contributed by atoms with Crippen molar-refractivity contribution >= 4 is 5.97 Å². The van der Waals surface area contributed by atoms with Gasteiger partial charge in [-0.25, -0.2) is 13.2 Å². The second-order valence-electron chi connectivity index (χ2n) is 8.19. The summed E-state index contributed by atoms with van der Waals surface area (Å²) in [6.45, 7) is 2.31. The fourth-order valence-electron chi connectivity index (χ4n) is 4.54. The lowest BCUT2D eigenvalue weighted by molar-refractivity contribution is -0.153. The molecule has 142 valence electrons. The second-order valence-corrected chi connectivity index (χ2v) is 8.19. The Balaban J connectivity index is 1.42. The molecule has 0 bridgehead atoms. The average molecular weight is 358 g/mol. The van der Waals surface area contributed by atoms with E-state index in [4.69, 9.17) is 4.74 Å². The van der Waals surface area contributed by atoms with E-state index in [1.807, 2.05) is 0 Å². The van der Waals surface area contributed by atoms with Crippen LogP contribution < -0.4 is 0 Å². The molecule has 0 aromatic heterocycles. The Morgan fingerprint density at radius 1 is 0.920 bits per heavy atom. The van der Waals surface area contributed by atoms with Crippen LogP contribution in [0.15, 0.2) is 0 Å². The lowest BCUT2D eigenvalue weighted by Gasteiger charge is -2.36. The summed E-state index contributed by atoms with van der Waals surface area (Å²) in [5, 5.41) is 0. The van der Waals surface area contributed by atoms with E-state index >= 15 is 0 Å². The van der Waals surface area contributed by atoms with Gasteiger partial charge in [0.05, 0.1) is 5.92 Å². The van der Waals surface area contributed by atoms with E-state index in [-0.39, 0.29) is 12.8 Å². The summed E-state index contributed by atoms with van der Waals surface area (Å²) in [6.07, 6.45) is 1.18. The molecule has 3 aliphatic carbocycles. The second kappa shape index (κ2) is 8.30. The Morgan fingerprint density at radius 2 is 1.48 bits per heavy atom. The first-order valence-electron chi connectivity index (χ1n) is 9.76. The fraction of sp³-hybridized carbons (Fsp3) is 0.850. The summed E-state index contributed by atoms with van der Waals surface area (Å²) in [5.74, 6) is 3.39. The lowest BCUT2D eigenvalue weighted by atomic mass is 9.69. The fourth-order valence-corrected chi connectivity index (χ4v) is 4.54. The van der Waals surface area contributed by atoms with E-state index in [1.54, 1.807) is 5.92 Å². The summed E-state index contributed by atoms with van der Waals surface area (Å²) < 4.78 is 45.3. The smallest absolute Gasteiger partial charge is 0.313 e. The van der Waals surface area contributed by atoms with E-state index in [1.165, 1.54) is 25.7 Å². The van der Waals surface area contributed by atoms with Gasteiger partial charge in [0.1, 0.15) is 18.4 Å². The SMILES string of the molecule is CC1CC[C](C2CC[C](C(=O)OC3CC(F)C(F)C(F)C3)CC2)CC1. The van der Waals surface area contributed by atoms with Crippen molar-refractivity contribution in [2.75, 3.05) is 0 Å². The monoisotopic (exact) mass is 358 g/mol. The van der Waals surface area contributed by atoms with Gasteiger partial charge < -0.3 is 4.74 Å². The molecule has 0 heterocycles. The quantitative estimate of drug-likeness (QED) is 0.644. The van der Waals surface area contributed by atoms with Crippen LogP contribution in [0.1, 0.15) is 71.1 Å². The zero-order valence-corrected chi connectivity index (χ0v) is 15.0. The van der Waals surface area contributed by atoms with Crippen molar-refractivity contribution in [3.8, 4) is 0 Å². The first kappa shape index (κ1) is 19.0. The van der Waals surface area contributed by atoms with Gasteiger partial charge >= 0.3 is 5.97 Å². The maximum absolute atomic E-state index is 13.4. The van der Waals surface area contributed by atoms with E-state index in [9.17, 15) is 18.0 Å². The predicted octanol–water partition coefficient (Wildman–Crippen LogP) is 5.26. The summed E-state index contributed by atoms with van der Waals surface area (Å²) in [7, 11) is 0. The van der Waals surface area contributed by atoms with E-state index in [0.29, 0.717) is 18.8 Å². The van der Waals surface area contributed by atoms with Crippen molar-refractivity contribution in [3.63, 3.8) is 0 Å². The maximum Gasteiger partial charge on any atom is 0.313 e. The third-order valence-corrected chi connectivity index (χ3v) is 6.31. The minimum atomic E-state index is -2.09. The predicted molar refractivity (Wildman–Crippen MR) is 89.9 cm³/mol. The first-order valence-corrected chi connectivity index (χ1v) is 9.76. The van der Waals surface area contributed by atoms with Crippen molar-refractivity contribution in [2.24, 2.45) is 11.8 Å². The molecule has 2 unspecified atom stereocenters. The molecule has 0 amide bonds. The molecule has 3 saturated carbocycles. The Bertz CT molecular complexity index is 430. The standard InChI is InChI=1S/C20H29F3O2/c1-12-2-4-13(5-3-12)14-6-8-15(9-7-14)20(24)25-16-10-17(21)19(23)18(22)11-16/h12,14,16-19H,2-11H2,1H3. The highest BCUT2D eigenvalue weighted by Gasteiger charge is 2.41. The van der Waals surface area contributed by atoms with Gasteiger partial charge in [-0.1, -0.05) is 19.8 Å². The molecule has 3 fully saturated rings. The largest absolute Gasteiger partial charge is 0.462 e. The van der Waals surface area contributed by atoms with Crippen LogP contribution in [0.4, 0.5) is 13.2 Å². The van der Waals surface area contributed by atoms with Crippen LogP contribution >= 0.6 is 0 Å². The Labute approximate surface area is 148 Å². The highest BCUT2D eigenvalue weighted by Crippen LogP contribution is 2.43. The minimum Gasteiger partial charge on any atom is -0.462 e. The zero-order valence-electron chi connectivity index (χ0n) is 15.0. The molecule has 0 N–H and O–H groups in total. The molecule has 0 aromatic rings. The van der Waals surface area contributed by atoms with Gasteiger partial charge in [-0.3, -0.25) is 4.79 Å². The summed E-state index contributed by atoms with van der Waals surface area (Å²) in [4.78, 5) is 12.3. The molecular weight excluding hydrogens is 329 g/mol. The van der Waals surface area contributed by atoms with Crippen molar-refractivity contribution in [1.29, 1.82) is 0 Å². The van der Waals surface area contributed by atoms with Crippen LogP contribution in [0.2, 0.25) is 0 Å². The lowest BCUT2D eigenvalue weighted by Crippen LogP contribution is -2.42. The summed E-state index contributed by atoms with van der Waals surface area (Å²) >= 11 is 0. The molecule has 3 rings (SSSR count). The molecule has 2 atom stereocenters. The van der Waals surface area contributed by atoms with E-state index in [0.717, 1.165) is 24.7 Å².